The van der Waals surface area contributed by atoms with E-state index in [1.54, 1.807) is 0 Å². The van der Waals surface area contributed by atoms with Crippen LogP contribution in [0.5, 0.6) is 0 Å². The van der Waals surface area contributed by atoms with E-state index in [0.29, 0.717) is 17.5 Å². The lowest BCUT2D eigenvalue weighted by atomic mass is 9.96. The van der Waals surface area contributed by atoms with Gasteiger partial charge in [0.2, 0.25) is 0 Å². The third kappa shape index (κ3) is 5.59. The van der Waals surface area contributed by atoms with Gasteiger partial charge in [-0.15, -0.1) is 11.3 Å². The monoisotopic (exact) mass is 821 g/mol. The zero-order chi connectivity index (χ0) is 41.4. The molecule has 0 aliphatic rings. The van der Waals surface area contributed by atoms with Gasteiger partial charge in [-0.3, -0.25) is 0 Å². The van der Waals surface area contributed by atoms with Crippen molar-refractivity contribution in [3.63, 3.8) is 0 Å². The van der Waals surface area contributed by atoms with Gasteiger partial charge < -0.3 is 9.13 Å². The molecule has 0 aliphatic carbocycles. The van der Waals surface area contributed by atoms with Crippen molar-refractivity contribution in [3.8, 4) is 56.7 Å². The number of hydrogen-bond donors (Lipinski definition) is 0. The molecule has 9 aromatic carbocycles. The van der Waals surface area contributed by atoms with Crippen molar-refractivity contribution in [2.75, 3.05) is 0 Å². The first-order chi connectivity index (χ1) is 31.3. The number of rotatable bonds is 6. The number of benzene rings is 9. The van der Waals surface area contributed by atoms with Crippen molar-refractivity contribution in [2.45, 2.75) is 0 Å². The highest BCUT2D eigenvalue weighted by molar-refractivity contribution is 7.26. The second-order valence-corrected chi connectivity index (χ2v) is 17.0. The summed E-state index contributed by atoms with van der Waals surface area (Å²) >= 11 is 1.83. The van der Waals surface area contributed by atoms with E-state index in [1.165, 1.54) is 74.9 Å². The molecule has 63 heavy (non-hydrogen) atoms. The van der Waals surface area contributed by atoms with Crippen molar-refractivity contribution < 1.29 is 0 Å². The normalized spacial score (nSPS) is 11.8. The molecule has 0 bridgehead atoms. The van der Waals surface area contributed by atoms with Crippen molar-refractivity contribution in [1.29, 1.82) is 0 Å². The fraction of sp³-hybridized carbons (Fsp3) is 0. The molecule has 0 N–H and O–H groups in total. The SMILES string of the molecule is c1ccc(-c2nc(-c3ccccc3)nc(-c3ccc4sc5cccc(-c6cccc7c8ccccc8n(-c8cccc9c8c8ccccc8n9-c8ccccc8)c67)c5c4c3)n2)cc1. The van der Waals surface area contributed by atoms with E-state index in [9.17, 15) is 0 Å². The molecule has 0 spiro atoms. The molecule has 6 heteroatoms. The number of hydrogen-bond acceptors (Lipinski definition) is 4. The molecule has 13 rings (SSSR count). The third-order valence-corrected chi connectivity index (χ3v) is 13.5. The highest BCUT2D eigenvalue weighted by Crippen LogP contribution is 2.46. The highest BCUT2D eigenvalue weighted by Gasteiger charge is 2.23. The average Bonchev–Trinajstić information content (AvgIpc) is 4.02. The molecule has 0 saturated heterocycles. The Balaban J connectivity index is 1.07. The van der Waals surface area contributed by atoms with Crippen LogP contribution in [0.4, 0.5) is 0 Å². The van der Waals surface area contributed by atoms with E-state index < -0.39 is 0 Å². The molecule has 4 aromatic heterocycles. The van der Waals surface area contributed by atoms with E-state index in [1.807, 2.05) is 47.7 Å². The summed E-state index contributed by atoms with van der Waals surface area (Å²) in [5.74, 6) is 1.94. The van der Waals surface area contributed by atoms with Crippen molar-refractivity contribution in [3.05, 3.63) is 212 Å². The van der Waals surface area contributed by atoms with Crippen LogP contribution < -0.4 is 0 Å². The molecule has 294 valence electrons. The molecule has 0 unspecified atom stereocenters. The van der Waals surface area contributed by atoms with Gasteiger partial charge in [-0.1, -0.05) is 152 Å². The Hall–Kier alpha value is -8.19. The number of para-hydroxylation sites is 4. The zero-order valence-electron chi connectivity index (χ0n) is 33.9. The molecule has 0 radical (unpaired) electrons. The summed E-state index contributed by atoms with van der Waals surface area (Å²) in [5.41, 5.74) is 12.2. The predicted octanol–water partition coefficient (Wildman–Crippen LogP) is 15.1. The summed E-state index contributed by atoms with van der Waals surface area (Å²) in [7, 11) is 0. The second-order valence-electron chi connectivity index (χ2n) is 15.9. The van der Waals surface area contributed by atoms with E-state index >= 15 is 0 Å². The number of fused-ring (bicyclic) bond motifs is 9. The summed E-state index contributed by atoms with van der Waals surface area (Å²) in [6.07, 6.45) is 0. The Kier molecular flexibility index (Phi) is 8.01. The van der Waals surface area contributed by atoms with Gasteiger partial charge in [0.15, 0.2) is 17.5 Å². The highest BCUT2D eigenvalue weighted by atomic mass is 32.1. The molecule has 5 nitrogen and oxygen atoms in total. The summed E-state index contributed by atoms with van der Waals surface area (Å²) in [6, 6.07) is 75.7. The van der Waals surface area contributed by atoms with Crippen LogP contribution >= 0.6 is 11.3 Å². The summed E-state index contributed by atoms with van der Waals surface area (Å²) < 4.78 is 7.37. The van der Waals surface area contributed by atoms with Crippen LogP contribution in [-0.4, -0.2) is 24.1 Å². The van der Waals surface area contributed by atoms with Gasteiger partial charge in [-0.2, -0.15) is 0 Å². The van der Waals surface area contributed by atoms with Crippen molar-refractivity contribution >= 4 is 75.1 Å². The maximum atomic E-state index is 5.11. The quantitative estimate of drug-likeness (QED) is 0.168. The summed E-state index contributed by atoms with van der Waals surface area (Å²) in [5, 5.41) is 7.29. The first-order valence-electron chi connectivity index (χ1n) is 21.2. The largest absolute Gasteiger partial charge is 0.309 e. The smallest absolute Gasteiger partial charge is 0.164 e. The van der Waals surface area contributed by atoms with E-state index in [2.05, 4.69) is 185 Å². The molecule has 0 aliphatic heterocycles. The van der Waals surface area contributed by atoms with Crippen LogP contribution in [0.15, 0.2) is 212 Å². The summed E-state index contributed by atoms with van der Waals surface area (Å²) in [4.78, 5) is 15.2. The maximum Gasteiger partial charge on any atom is 0.164 e. The van der Waals surface area contributed by atoms with Gasteiger partial charge in [0.25, 0.3) is 0 Å². The van der Waals surface area contributed by atoms with Crippen LogP contribution in [0.3, 0.4) is 0 Å². The topological polar surface area (TPSA) is 48.5 Å². The predicted molar refractivity (Wildman–Crippen MR) is 263 cm³/mol. The minimum absolute atomic E-state index is 0.645. The van der Waals surface area contributed by atoms with E-state index in [4.69, 9.17) is 15.0 Å². The van der Waals surface area contributed by atoms with Crippen LogP contribution in [-0.2, 0) is 0 Å². The lowest BCUT2D eigenvalue weighted by Crippen LogP contribution is -2.00. The summed E-state index contributed by atoms with van der Waals surface area (Å²) in [6.45, 7) is 0. The van der Waals surface area contributed by atoms with Gasteiger partial charge >= 0.3 is 0 Å². The van der Waals surface area contributed by atoms with Crippen molar-refractivity contribution in [1.82, 2.24) is 24.1 Å². The Morgan fingerprint density at radius 1 is 0.333 bits per heavy atom. The first-order valence-corrected chi connectivity index (χ1v) is 22.0. The fourth-order valence-electron chi connectivity index (χ4n) is 9.66. The van der Waals surface area contributed by atoms with Gasteiger partial charge in [0.05, 0.1) is 27.8 Å². The Morgan fingerprint density at radius 2 is 0.889 bits per heavy atom. The van der Waals surface area contributed by atoms with E-state index in [0.717, 1.165) is 28.1 Å². The standard InChI is InChI=1S/C57H35N5S/c1-4-17-36(18-5-1)55-58-56(37-19-6-2-7-20-37)60-57(59-55)38-33-34-50-45(35-38)52-41(25-15-32-51(52)63-50)43-27-14-26-42-40-23-10-12-28-46(40)62(54(42)43)49-31-16-30-48-53(49)44-24-11-13-29-47(44)61(48)39-21-8-3-9-22-39/h1-35H. The van der Waals surface area contributed by atoms with Crippen LogP contribution in [0, 0.1) is 0 Å². The number of aromatic nitrogens is 5. The molecule has 0 saturated carbocycles. The van der Waals surface area contributed by atoms with Gasteiger partial charge in [-0.05, 0) is 66.2 Å². The van der Waals surface area contributed by atoms with Crippen LogP contribution in [0.1, 0.15) is 0 Å². The van der Waals surface area contributed by atoms with Gasteiger partial charge in [-0.25, -0.2) is 15.0 Å². The minimum atomic E-state index is 0.645. The first kappa shape index (κ1) is 35.6. The third-order valence-electron chi connectivity index (χ3n) is 12.4. The number of nitrogens with zero attached hydrogens (tertiary/aromatic N) is 5. The molecular weight excluding hydrogens is 787 g/mol. The number of thiophene rings is 1. The van der Waals surface area contributed by atoms with Gasteiger partial charge in [0.1, 0.15) is 0 Å². The average molecular weight is 822 g/mol. The van der Waals surface area contributed by atoms with Crippen molar-refractivity contribution in [2.24, 2.45) is 0 Å². The zero-order valence-corrected chi connectivity index (χ0v) is 34.7. The molecule has 4 heterocycles. The minimum Gasteiger partial charge on any atom is -0.309 e. The molecule has 13 aromatic rings. The molecular formula is C57H35N5S. The Labute approximate surface area is 366 Å². The molecule has 0 fully saturated rings. The maximum absolute atomic E-state index is 5.11. The van der Waals surface area contributed by atoms with Crippen LogP contribution in [0.25, 0.3) is 120 Å². The Morgan fingerprint density at radius 3 is 1.62 bits per heavy atom. The Bertz CT molecular complexity index is 3850. The van der Waals surface area contributed by atoms with Gasteiger partial charge in [0, 0.05) is 69.7 Å². The lowest BCUT2D eigenvalue weighted by molar-refractivity contribution is 1.07. The fourth-order valence-corrected chi connectivity index (χ4v) is 10.8. The van der Waals surface area contributed by atoms with E-state index in [-0.39, 0.29) is 0 Å². The molecule has 0 atom stereocenters. The van der Waals surface area contributed by atoms with Crippen LogP contribution in [0.2, 0.25) is 0 Å². The molecule has 0 amide bonds. The lowest BCUT2D eigenvalue weighted by Gasteiger charge is -2.15. The second kappa shape index (κ2) is 14.2.